The average molecular weight is 481 g/mol. The molecule has 3 aromatic rings. The Bertz CT molecular complexity index is 1360. The number of imide groups is 1. The Hall–Kier alpha value is -4.32. The lowest BCUT2D eigenvalue weighted by Crippen LogP contribution is -2.48. The zero-order valence-electron chi connectivity index (χ0n) is 20.3. The number of phenolic OH excluding ortho intramolecular Hbond substituents is 1. The van der Waals surface area contributed by atoms with Crippen LogP contribution in [0.3, 0.4) is 0 Å². The number of hydrogen-bond acceptors (Lipinski definition) is 5. The van der Waals surface area contributed by atoms with Crippen molar-refractivity contribution in [3.8, 4) is 11.5 Å². The zero-order chi connectivity index (χ0) is 25.4. The van der Waals surface area contributed by atoms with Gasteiger partial charge < -0.3 is 9.84 Å². The fourth-order valence-corrected chi connectivity index (χ4v) is 5.62. The van der Waals surface area contributed by atoms with Crippen molar-refractivity contribution in [3.05, 3.63) is 114 Å². The lowest BCUT2D eigenvalue weighted by Gasteiger charge is -2.43. The highest BCUT2D eigenvalue weighted by Crippen LogP contribution is 2.58. The second kappa shape index (κ2) is 9.04. The van der Waals surface area contributed by atoms with Gasteiger partial charge in [0.15, 0.2) is 0 Å². The molecular formula is C30H28N2O4. The van der Waals surface area contributed by atoms with Crippen molar-refractivity contribution in [3.63, 3.8) is 0 Å². The van der Waals surface area contributed by atoms with E-state index in [-0.39, 0.29) is 17.6 Å². The van der Waals surface area contributed by atoms with Gasteiger partial charge in [-0.05, 0) is 54.8 Å². The van der Waals surface area contributed by atoms with Gasteiger partial charge in [-0.1, -0.05) is 66.8 Å². The smallest absolute Gasteiger partial charge is 0.260 e. The van der Waals surface area contributed by atoms with Gasteiger partial charge in [-0.2, -0.15) is 5.01 Å². The Kier molecular flexibility index (Phi) is 5.88. The lowest BCUT2D eigenvalue weighted by molar-refractivity contribution is -0.138. The minimum absolute atomic E-state index is 0.0229. The number of phenols is 1. The van der Waals surface area contributed by atoms with Crippen LogP contribution >= 0.6 is 0 Å². The van der Waals surface area contributed by atoms with Crippen molar-refractivity contribution >= 4 is 17.5 Å². The second-order valence-corrected chi connectivity index (χ2v) is 9.25. The standard InChI is InChI=1S/C30H28N2O4/c1-4-20-12-16-25-28(34)32(31-22-13-10-19(2)11-14-22)29(35)30(25,21-8-6-5-7-9-21)27(20)24-18-23(36-3)15-17-26(24)33/h4-15,17-18,25,27,31,33H,1,16H2,2-3H3. The van der Waals surface area contributed by atoms with Gasteiger partial charge >= 0.3 is 0 Å². The Balaban J connectivity index is 1.74. The fourth-order valence-electron chi connectivity index (χ4n) is 5.62. The molecular weight excluding hydrogens is 452 g/mol. The van der Waals surface area contributed by atoms with Crippen LogP contribution in [0.1, 0.15) is 29.0 Å². The van der Waals surface area contributed by atoms with Crippen molar-refractivity contribution in [1.29, 1.82) is 0 Å². The van der Waals surface area contributed by atoms with Gasteiger partial charge in [-0.3, -0.25) is 15.0 Å². The van der Waals surface area contributed by atoms with Crippen LogP contribution in [0, 0.1) is 12.8 Å². The van der Waals surface area contributed by atoms with Crippen LogP contribution in [0.4, 0.5) is 5.69 Å². The molecule has 6 heteroatoms. The summed E-state index contributed by atoms with van der Waals surface area (Å²) in [4.78, 5) is 28.4. The first-order chi connectivity index (χ1) is 17.4. The number of carbonyl (C=O) groups is 2. The predicted octanol–water partition coefficient (Wildman–Crippen LogP) is 5.26. The number of anilines is 1. The summed E-state index contributed by atoms with van der Waals surface area (Å²) < 4.78 is 5.45. The number of amides is 2. The number of hydrazine groups is 1. The number of aryl methyl sites for hydroxylation is 1. The summed E-state index contributed by atoms with van der Waals surface area (Å²) in [5.41, 5.74) is 5.47. The first-order valence-corrected chi connectivity index (χ1v) is 11.9. The molecule has 0 aromatic heterocycles. The average Bonchev–Trinajstić information content (AvgIpc) is 3.12. The molecule has 3 atom stereocenters. The highest BCUT2D eigenvalue weighted by Gasteiger charge is 2.66. The Morgan fingerprint density at radius 2 is 1.81 bits per heavy atom. The molecule has 2 aliphatic rings. The number of carbonyl (C=O) groups excluding carboxylic acids is 2. The number of nitrogens with zero attached hydrogens (tertiary/aromatic N) is 1. The van der Waals surface area contributed by atoms with Crippen LogP contribution in [0.15, 0.2) is 97.1 Å². The van der Waals surface area contributed by atoms with Crippen molar-refractivity contribution in [2.45, 2.75) is 24.7 Å². The van der Waals surface area contributed by atoms with Gasteiger partial charge in [0.05, 0.1) is 24.1 Å². The van der Waals surface area contributed by atoms with Gasteiger partial charge in [0.25, 0.3) is 11.8 Å². The molecule has 2 amide bonds. The van der Waals surface area contributed by atoms with Gasteiger partial charge in [0, 0.05) is 11.5 Å². The minimum atomic E-state index is -1.29. The van der Waals surface area contributed by atoms with Gasteiger partial charge in [0.2, 0.25) is 0 Å². The maximum absolute atomic E-state index is 14.5. The molecule has 0 saturated carbocycles. The van der Waals surface area contributed by atoms with Crippen LogP contribution in [-0.2, 0) is 15.0 Å². The van der Waals surface area contributed by atoms with E-state index in [4.69, 9.17) is 4.74 Å². The van der Waals surface area contributed by atoms with Crippen LogP contribution in [0.2, 0.25) is 0 Å². The molecule has 1 saturated heterocycles. The molecule has 5 rings (SSSR count). The molecule has 182 valence electrons. The first kappa shape index (κ1) is 23.4. The van der Waals surface area contributed by atoms with E-state index in [1.807, 2.05) is 67.6 Å². The van der Waals surface area contributed by atoms with Gasteiger partial charge in [0.1, 0.15) is 11.5 Å². The third kappa shape index (κ3) is 3.49. The van der Waals surface area contributed by atoms with E-state index in [2.05, 4.69) is 12.0 Å². The molecule has 2 N–H and O–H groups in total. The predicted molar refractivity (Wildman–Crippen MR) is 139 cm³/mol. The molecule has 1 fully saturated rings. The Morgan fingerprint density at radius 1 is 1.08 bits per heavy atom. The third-order valence-electron chi connectivity index (χ3n) is 7.33. The number of rotatable bonds is 6. The van der Waals surface area contributed by atoms with Crippen LogP contribution in [0.25, 0.3) is 0 Å². The zero-order valence-corrected chi connectivity index (χ0v) is 20.3. The van der Waals surface area contributed by atoms with Gasteiger partial charge in [-0.25, -0.2) is 0 Å². The van der Waals surface area contributed by atoms with Crippen molar-refractivity contribution in [1.82, 2.24) is 5.01 Å². The molecule has 3 aromatic carbocycles. The summed E-state index contributed by atoms with van der Waals surface area (Å²) in [7, 11) is 1.55. The van der Waals surface area contributed by atoms with Crippen LogP contribution in [0.5, 0.6) is 11.5 Å². The van der Waals surface area contributed by atoms with E-state index in [0.717, 1.165) is 16.1 Å². The monoisotopic (exact) mass is 480 g/mol. The van der Waals surface area contributed by atoms with E-state index in [9.17, 15) is 14.7 Å². The number of methoxy groups -OCH3 is 1. The topological polar surface area (TPSA) is 78.9 Å². The number of benzene rings is 3. The summed E-state index contributed by atoms with van der Waals surface area (Å²) in [6, 6.07) is 21.8. The number of nitrogens with one attached hydrogen (secondary N) is 1. The number of aromatic hydroxyl groups is 1. The first-order valence-electron chi connectivity index (χ1n) is 11.9. The van der Waals surface area contributed by atoms with Gasteiger partial charge in [-0.15, -0.1) is 0 Å². The molecule has 1 aliphatic heterocycles. The normalized spacial score (nSPS) is 23.2. The minimum Gasteiger partial charge on any atom is -0.508 e. The van der Waals surface area contributed by atoms with Crippen molar-refractivity contribution < 1.29 is 19.4 Å². The van der Waals surface area contributed by atoms with E-state index in [1.165, 1.54) is 0 Å². The van der Waals surface area contributed by atoms with Crippen molar-refractivity contribution in [2.24, 2.45) is 5.92 Å². The van der Waals surface area contributed by atoms with Crippen LogP contribution in [-0.4, -0.2) is 29.0 Å². The molecule has 1 aliphatic carbocycles. The van der Waals surface area contributed by atoms with E-state index < -0.39 is 17.3 Å². The Labute approximate surface area is 210 Å². The summed E-state index contributed by atoms with van der Waals surface area (Å²) in [5, 5.41) is 12.2. The molecule has 6 nitrogen and oxygen atoms in total. The summed E-state index contributed by atoms with van der Waals surface area (Å²) in [5.74, 6) is -1.45. The lowest BCUT2D eigenvalue weighted by atomic mass is 9.56. The summed E-state index contributed by atoms with van der Waals surface area (Å²) >= 11 is 0. The summed E-state index contributed by atoms with van der Waals surface area (Å²) in [6.45, 7) is 5.98. The maximum atomic E-state index is 14.5. The van der Waals surface area contributed by atoms with E-state index >= 15 is 0 Å². The molecule has 0 radical (unpaired) electrons. The largest absolute Gasteiger partial charge is 0.508 e. The molecule has 36 heavy (non-hydrogen) atoms. The van der Waals surface area contributed by atoms with Crippen molar-refractivity contribution in [2.75, 3.05) is 12.5 Å². The number of fused-ring (bicyclic) bond motifs is 1. The fraction of sp³-hybridized carbons (Fsp3) is 0.200. The maximum Gasteiger partial charge on any atom is 0.260 e. The highest BCUT2D eigenvalue weighted by molar-refractivity contribution is 6.12. The second-order valence-electron chi connectivity index (χ2n) is 9.25. The molecule has 1 heterocycles. The number of hydrogen-bond donors (Lipinski definition) is 2. The van der Waals surface area contributed by atoms with Crippen LogP contribution < -0.4 is 10.2 Å². The molecule has 0 spiro atoms. The van der Waals surface area contributed by atoms with E-state index in [0.29, 0.717) is 29.0 Å². The quantitative estimate of drug-likeness (QED) is 0.471. The third-order valence-corrected chi connectivity index (χ3v) is 7.33. The highest BCUT2D eigenvalue weighted by atomic mass is 16.5. The Morgan fingerprint density at radius 3 is 2.47 bits per heavy atom. The SMILES string of the molecule is C=CC1=CCC2C(=O)N(Nc3ccc(C)cc3)C(=O)C2(c2ccccc2)C1c1cc(OC)ccc1O. The summed E-state index contributed by atoms with van der Waals surface area (Å²) in [6.07, 6.45) is 4.02. The molecule has 0 bridgehead atoms. The number of ether oxygens (including phenoxy) is 1. The molecule has 3 unspecified atom stereocenters. The number of allylic oxidation sites excluding steroid dienone is 3. The van der Waals surface area contributed by atoms with E-state index in [1.54, 1.807) is 31.4 Å².